The molecule has 2 aromatic rings. The van der Waals surface area contributed by atoms with Crippen LogP contribution >= 0.6 is 11.3 Å². The Morgan fingerprint density at radius 2 is 1.56 bits per heavy atom. The van der Waals surface area contributed by atoms with Crippen LogP contribution in [0.25, 0.3) is 0 Å². The smallest absolute Gasteiger partial charge is 0.264 e. The Kier molecular flexibility index (Phi) is 6.85. The van der Waals surface area contributed by atoms with Crippen LogP contribution in [0.3, 0.4) is 0 Å². The molecule has 27 heavy (non-hydrogen) atoms. The van der Waals surface area contributed by atoms with E-state index in [1.165, 1.54) is 25.6 Å². The molecule has 0 aliphatic rings. The van der Waals surface area contributed by atoms with Gasteiger partial charge in [-0.05, 0) is 51.0 Å². The Morgan fingerprint density at radius 3 is 2.04 bits per heavy atom. The molecule has 2 amide bonds. The summed E-state index contributed by atoms with van der Waals surface area (Å²) < 4.78 is 10.4. The maximum atomic E-state index is 12.7. The van der Waals surface area contributed by atoms with Gasteiger partial charge in [0.2, 0.25) is 0 Å². The third-order valence-electron chi connectivity index (χ3n) is 4.53. The van der Waals surface area contributed by atoms with Crippen molar-refractivity contribution < 1.29 is 19.1 Å². The van der Waals surface area contributed by atoms with E-state index in [9.17, 15) is 9.59 Å². The van der Waals surface area contributed by atoms with Gasteiger partial charge in [-0.2, -0.15) is 0 Å². The van der Waals surface area contributed by atoms with Gasteiger partial charge in [-0.25, -0.2) is 0 Å². The molecule has 1 aromatic carbocycles. The molecule has 1 N–H and O–H groups in total. The first-order valence-corrected chi connectivity index (χ1v) is 9.61. The summed E-state index contributed by atoms with van der Waals surface area (Å²) in [5.41, 5.74) is 2.22. The normalized spacial score (nSPS) is 10.4. The Morgan fingerprint density at radius 1 is 1.00 bits per heavy atom. The molecule has 1 aromatic heterocycles. The molecule has 0 unspecified atom stereocenters. The Bertz CT molecular complexity index is 818. The maximum absolute atomic E-state index is 12.7. The van der Waals surface area contributed by atoms with Gasteiger partial charge >= 0.3 is 0 Å². The fourth-order valence-electron chi connectivity index (χ4n) is 2.69. The number of anilines is 1. The van der Waals surface area contributed by atoms with Gasteiger partial charge in [0.25, 0.3) is 11.8 Å². The van der Waals surface area contributed by atoms with Gasteiger partial charge < -0.3 is 19.7 Å². The van der Waals surface area contributed by atoms with Gasteiger partial charge in [-0.15, -0.1) is 11.3 Å². The molecule has 7 heteroatoms. The molecule has 0 bridgehead atoms. The monoisotopic (exact) mass is 390 g/mol. The Hall–Kier alpha value is -2.54. The molecule has 146 valence electrons. The summed E-state index contributed by atoms with van der Waals surface area (Å²) in [7, 11) is 3.07. The van der Waals surface area contributed by atoms with E-state index in [4.69, 9.17) is 9.47 Å². The summed E-state index contributed by atoms with van der Waals surface area (Å²) >= 11 is 1.31. The molecule has 0 radical (unpaired) electrons. The summed E-state index contributed by atoms with van der Waals surface area (Å²) in [4.78, 5) is 27.9. The van der Waals surface area contributed by atoms with E-state index >= 15 is 0 Å². The Labute approximate surface area is 164 Å². The highest BCUT2D eigenvalue weighted by atomic mass is 32.1. The first-order valence-electron chi connectivity index (χ1n) is 8.79. The third-order valence-corrected chi connectivity index (χ3v) is 5.83. The summed E-state index contributed by atoms with van der Waals surface area (Å²) in [5.74, 6) is 0.791. The molecule has 0 aliphatic heterocycles. The second-order valence-electron chi connectivity index (χ2n) is 6.04. The molecule has 6 nitrogen and oxygen atoms in total. The van der Waals surface area contributed by atoms with Crippen LogP contribution in [0.1, 0.15) is 45.0 Å². The highest BCUT2D eigenvalue weighted by molar-refractivity contribution is 7.18. The molecule has 0 saturated heterocycles. The van der Waals surface area contributed by atoms with E-state index < -0.39 is 0 Å². The van der Waals surface area contributed by atoms with Crippen LogP contribution in [0.15, 0.2) is 18.2 Å². The van der Waals surface area contributed by atoms with Crippen LogP contribution in [0, 0.1) is 13.8 Å². The van der Waals surface area contributed by atoms with E-state index in [1.807, 2.05) is 27.7 Å². The molecular weight excluding hydrogens is 364 g/mol. The lowest BCUT2D eigenvalue weighted by Crippen LogP contribution is -2.30. The summed E-state index contributed by atoms with van der Waals surface area (Å²) in [6.45, 7) is 9.03. The molecule has 1 heterocycles. The summed E-state index contributed by atoms with van der Waals surface area (Å²) in [6.07, 6.45) is 0. The number of carbonyl (C=O) groups excluding carboxylic acids is 2. The van der Waals surface area contributed by atoms with Crippen molar-refractivity contribution in [2.45, 2.75) is 27.7 Å². The van der Waals surface area contributed by atoms with Gasteiger partial charge in [-0.1, -0.05) is 0 Å². The highest BCUT2D eigenvalue weighted by Crippen LogP contribution is 2.34. The van der Waals surface area contributed by atoms with Crippen molar-refractivity contribution in [2.75, 3.05) is 32.6 Å². The van der Waals surface area contributed by atoms with Gasteiger partial charge in [-0.3, -0.25) is 9.59 Å². The largest absolute Gasteiger partial charge is 0.497 e. The first-order chi connectivity index (χ1) is 12.9. The summed E-state index contributed by atoms with van der Waals surface area (Å²) in [6, 6.07) is 5.00. The van der Waals surface area contributed by atoms with Crippen molar-refractivity contribution in [3.05, 3.63) is 39.8 Å². The number of hydrogen-bond donors (Lipinski definition) is 1. The van der Waals surface area contributed by atoms with Crippen molar-refractivity contribution in [3.63, 3.8) is 0 Å². The fraction of sp³-hybridized carbons (Fsp3) is 0.400. The van der Waals surface area contributed by atoms with Gasteiger partial charge in [0.1, 0.15) is 11.5 Å². The predicted octanol–water partition coefficient (Wildman–Crippen LogP) is 4.12. The van der Waals surface area contributed by atoms with E-state index in [0.29, 0.717) is 40.0 Å². The number of carbonyl (C=O) groups is 2. The minimum Gasteiger partial charge on any atom is -0.497 e. The highest BCUT2D eigenvalue weighted by Gasteiger charge is 2.22. The SMILES string of the molecule is CCN(CC)C(=O)c1sc(NC(=O)c2cc(OC)cc(OC)c2)c(C)c1C. The number of thiophene rings is 1. The molecule has 0 fully saturated rings. The zero-order valence-electron chi connectivity index (χ0n) is 16.6. The second-order valence-corrected chi connectivity index (χ2v) is 7.06. The number of benzene rings is 1. The van der Waals surface area contributed by atoms with Crippen LogP contribution in [0.5, 0.6) is 11.5 Å². The number of amides is 2. The number of hydrogen-bond acceptors (Lipinski definition) is 5. The molecule has 2 rings (SSSR count). The number of rotatable bonds is 7. The quantitative estimate of drug-likeness (QED) is 0.772. The van der Waals surface area contributed by atoms with Crippen molar-refractivity contribution in [3.8, 4) is 11.5 Å². The number of nitrogens with zero attached hydrogens (tertiary/aromatic N) is 1. The molecular formula is C20H26N2O4S. The van der Waals surface area contributed by atoms with Crippen LogP contribution in [0.2, 0.25) is 0 Å². The van der Waals surface area contributed by atoms with Gasteiger partial charge in [0, 0.05) is 24.7 Å². The third kappa shape index (κ3) is 4.42. The average molecular weight is 391 g/mol. The zero-order chi connectivity index (χ0) is 20.1. The Balaban J connectivity index is 2.31. The molecule has 0 spiro atoms. The van der Waals surface area contributed by atoms with Crippen molar-refractivity contribution in [1.82, 2.24) is 4.90 Å². The molecule has 0 saturated carbocycles. The fourth-order valence-corrected chi connectivity index (χ4v) is 3.86. The number of methoxy groups -OCH3 is 2. The van der Waals surface area contributed by atoms with E-state index in [-0.39, 0.29) is 11.8 Å². The predicted molar refractivity (Wildman–Crippen MR) is 109 cm³/mol. The lowest BCUT2D eigenvalue weighted by atomic mass is 10.1. The lowest BCUT2D eigenvalue weighted by molar-refractivity contribution is 0.0777. The van der Waals surface area contributed by atoms with Crippen LogP contribution in [-0.4, -0.2) is 44.0 Å². The van der Waals surface area contributed by atoms with Crippen LogP contribution in [-0.2, 0) is 0 Å². The van der Waals surface area contributed by atoms with Crippen molar-refractivity contribution >= 4 is 28.2 Å². The minimum atomic E-state index is -0.279. The number of ether oxygens (including phenoxy) is 2. The maximum Gasteiger partial charge on any atom is 0.264 e. The van der Waals surface area contributed by atoms with E-state index in [1.54, 1.807) is 23.1 Å². The van der Waals surface area contributed by atoms with Crippen LogP contribution in [0.4, 0.5) is 5.00 Å². The second kappa shape index (κ2) is 8.90. The van der Waals surface area contributed by atoms with Crippen LogP contribution < -0.4 is 14.8 Å². The topological polar surface area (TPSA) is 67.9 Å². The molecule has 0 atom stereocenters. The number of nitrogens with one attached hydrogen (secondary N) is 1. The summed E-state index contributed by atoms with van der Waals surface area (Å²) in [5, 5.41) is 3.59. The average Bonchev–Trinajstić information content (AvgIpc) is 2.96. The zero-order valence-corrected chi connectivity index (χ0v) is 17.5. The standard InChI is InChI=1S/C20H26N2O4S/c1-7-22(8-2)20(24)17-12(3)13(4)19(27-17)21-18(23)14-9-15(25-5)11-16(10-14)26-6/h9-11H,7-8H2,1-6H3,(H,21,23). The van der Waals surface area contributed by atoms with Gasteiger partial charge in [0.15, 0.2) is 0 Å². The van der Waals surface area contributed by atoms with Crippen molar-refractivity contribution in [2.24, 2.45) is 0 Å². The first kappa shape index (κ1) is 20.8. The molecule has 0 aliphatic carbocycles. The lowest BCUT2D eigenvalue weighted by Gasteiger charge is -2.17. The van der Waals surface area contributed by atoms with Crippen molar-refractivity contribution in [1.29, 1.82) is 0 Å². The van der Waals surface area contributed by atoms with E-state index in [0.717, 1.165) is 11.1 Å². The minimum absolute atomic E-state index is 0.00542. The van der Waals surface area contributed by atoms with E-state index in [2.05, 4.69) is 5.32 Å². The van der Waals surface area contributed by atoms with Gasteiger partial charge in [0.05, 0.1) is 24.1 Å².